The maximum atomic E-state index is 12.8. The van der Waals surface area contributed by atoms with Crippen LogP contribution in [0.2, 0.25) is 0 Å². The number of nitrogens with zero attached hydrogens (tertiary/aromatic N) is 3. The molecule has 0 saturated carbocycles. The Labute approximate surface area is 171 Å². The third-order valence-electron chi connectivity index (χ3n) is 4.26. The van der Waals surface area contributed by atoms with Crippen LogP contribution >= 0.6 is 11.3 Å². The van der Waals surface area contributed by atoms with Crippen LogP contribution < -0.4 is 20.1 Å². The van der Waals surface area contributed by atoms with Crippen molar-refractivity contribution in [3.63, 3.8) is 0 Å². The first-order valence-corrected chi connectivity index (χ1v) is 9.96. The van der Waals surface area contributed by atoms with Gasteiger partial charge in [0.25, 0.3) is 5.56 Å². The molecule has 0 unspecified atom stereocenters. The number of aromatic nitrogens is 2. The van der Waals surface area contributed by atoms with Gasteiger partial charge in [-0.25, -0.2) is 4.79 Å². The number of hydrogen-bond acceptors (Lipinski definition) is 7. The molecular weight excluding hydrogens is 388 g/mol. The SMILES string of the molecule is CCOC(=O)/C(C#N)=c1\s/c(=C/Nc2cccc3nc(C)ccc23)c(=O)n1CC. The lowest BCUT2D eigenvalue weighted by molar-refractivity contribution is -0.136. The molecular formula is C21H20N4O3S. The number of carbonyl (C=O) groups excluding carboxylic acids is 1. The highest BCUT2D eigenvalue weighted by Gasteiger charge is 2.16. The van der Waals surface area contributed by atoms with Crippen molar-refractivity contribution >= 4 is 45.7 Å². The highest BCUT2D eigenvalue weighted by Crippen LogP contribution is 2.22. The zero-order valence-electron chi connectivity index (χ0n) is 16.4. The minimum Gasteiger partial charge on any atom is -0.462 e. The third-order valence-corrected chi connectivity index (χ3v) is 5.39. The summed E-state index contributed by atoms with van der Waals surface area (Å²) < 4.78 is 7.03. The van der Waals surface area contributed by atoms with Gasteiger partial charge in [-0.15, -0.1) is 11.3 Å². The van der Waals surface area contributed by atoms with E-state index >= 15 is 0 Å². The highest BCUT2D eigenvalue weighted by atomic mass is 32.1. The van der Waals surface area contributed by atoms with Gasteiger partial charge in [0, 0.05) is 29.5 Å². The van der Waals surface area contributed by atoms with Crippen LogP contribution in [0.1, 0.15) is 19.5 Å². The Morgan fingerprint density at radius 1 is 1.34 bits per heavy atom. The fraction of sp³-hybridized carbons (Fsp3) is 0.238. The van der Waals surface area contributed by atoms with Gasteiger partial charge in [-0.05, 0) is 45.0 Å². The van der Waals surface area contributed by atoms with Crippen LogP contribution in [-0.2, 0) is 16.1 Å². The molecule has 148 valence electrons. The van der Waals surface area contributed by atoms with E-state index in [1.54, 1.807) is 20.0 Å². The molecule has 0 atom stereocenters. The van der Waals surface area contributed by atoms with Crippen molar-refractivity contribution in [1.29, 1.82) is 5.26 Å². The molecule has 2 aromatic heterocycles. The normalized spacial score (nSPS) is 12.6. The topological polar surface area (TPSA) is 97.0 Å². The first-order valence-electron chi connectivity index (χ1n) is 9.14. The van der Waals surface area contributed by atoms with E-state index < -0.39 is 5.97 Å². The smallest absolute Gasteiger partial charge is 0.351 e. The van der Waals surface area contributed by atoms with Gasteiger partial charge in [-0.2, -0.15) is 5.26 Å². The Balaban J connectivity index is 2.13. The minimum absolute atomic E-state index is 0.154. The number of nitrogens with one attached hydrogen (secondary N) is 1. The summed E-state index contributed by atoms with van der Waals surface area (Å²) in [5.41, 5.74) is 2.14. The molecule has 0 aliphatic heterocycles. The second kappa shape index (κ2) is 8.71. The molecule has 8 heteroatoms. The molecule has 0 spiro atoms. The fourth-order valence-corrected chi connectivity index (χ4v) is 3.98. The Kier molecular flexibility index (Phi) is 6.10. The van der Waals surface area contributed by atoms with Crippen LogP contribution in [-0.4, -0.2) is 22.1 Å². The number of benzene rings is 1. The van der Waals surface area contributed by atoms with Crippen LogP contribution in [0.25, 0.3) is 22.7 Å². The maximum absolute atomic E-state index is 12.8. The zero-order chi connectivity index (χ0) is 21.0. The maximum Gasteiger partial charge on any atom is 0.351 e. The van der Waals surface area contributed by atoms with Crippen molar-refractivity contribution in [2.75, 3.05) is 11.9 Å². The average Bonchev–Trinajstić information content (AvgIpc) is 3.02. The first-order chi connectivity index (χ1) is 14.0. The van der Waals surface area contributed by atoms with Crippen LogP contribution in [0.3, 0.4) is 0 Å². The quantitative estimate of drug-likeness (QED) is 0.648. The van der Waals surface area contributed by atoms with E-state index in [0.717, 1.165) is 33.6 Å². The Hall–Kier alpha value is -3.44. The van der Waals surface area contributed by atoms with E-state index in [1.165, 1.54) is 4.57 Å². The molecule has 29 heavy (non-hydrogen) atoms. The van der Waals surface area contributed by atoms with Gasteiger partial charge in [0.2, 0.25) is 0 Å². The van der Waals surface area contributed by atoms with Crippen molar-refractivity contribution in [3.05, 3.63) is 55.6 Å². The average molecular weight is 408 g/mol. The third kappa shape index (κ3) is 4.05. The molecule has 7 nitrogen and oxygen atoms in total. The molecule has 2 heterocycles. The zero-order valence-corrected chi connectivity index (χ0v) is 17.2. The highest BCUT2D eigenvalue weighted by molar-refractivity contribution is 7.07. The number of nitriles is 1. The van der Waals surface area contributed by atoms with E-state index in [4.69, 9.17) is 4.74 Å². The number of esters is 1. The van der Waals surface area contributed by atoms with Crippen molar-refractivity contribution in [1.82, 2.24) is 9.55 Å². The molecule has 3 aromatic rings. The van der Waals surface area contributed by atoms with E-state index in [2.05, 4.69) is 10.3 Å². The fourth-order valence-electron chi connectivity index (χ4n) is 2.90. The van der Waals surface area contributed by atoms with Gasteiger partial charge in [0.05, 0.1) is 12.1 Å². The summed E-state index contributed by atoms with van der Waals surface area (Å²) in [6.45, 7) is 5.87. The summed E-state index contributed by atoms with van der Waals surface area (Å²) in [6, 6.07) is 11.5. The summed E-state index contributed by atoms with van der Waals surface area (Å²) in [4.78, 5) is 29.4. The van der Waals surface area contributed by atoms with Gasteiger partial charge in [-0.1, -0.05) is 6.07 Å². The number of pyridine rings is 1. The lowest BCUT2D eigenvalue weighted by Crippen LogP contribution is -2.32. The van der Waals surface area contributed by atoms with Crippen molar-refractivity contribution in [2.24, 2.45) is 0 Å². The van der Waals surface area contributed by atoms with Gasteiger partial charge < -0.3 is 10.1 Å². The lowest BCUT2D eigenvalue weighted by Gasteiger charge is -2.05. The largest absolute Gasteiger partial charge is 0.462 e. The Morgan fingerprint density at radius 3 is 2.83 bits per heavy atom. The van der Waals surface area contributed by atoms with Gasteiger partial charge >= 0.3 is 5.97 Å². The number of rotatable bonds is 5. The standard InChI is InChI=1S/C21H20N4O3S/c1-4-25-19(26)18(29-20(25)15(11-22)21(27)28-5-2)12-23-16-7-6-8-17-14(16)10-9-13(3)24-17/h6-10,12,23H,4-5H2,1-3H3/b18-12+,20-15-. The lowest BCUT2D eigenvalue weighted by atomic mass is 10.1. The van der Waals surface area contributed by atoms with Gasteiger partial charge in [0.15, 0.2) is 5.57 Å². The summed E-state index contributed by atoms with van der Waals surface area (Å²) in [5, 5.41) is 13.5. The molecule has 0 saturated heterocycles. The molecule has 0 radical (unpaired) electrons. The van der Waals surface area contributed by atoms with Crippen molar-refractivity contribution in [2.45, 2.75) is 27.3 Å². The van der Waals surface area contributed by atoms with E-state index in [1.807, 2.05) is 43.3 Å². The number of carbonyl (C=O) groups is 1. The molecule has 0 aliphatic carbocycles. The number of fused-ring (bicyclic) bond motifs is 1. The minimum atomic E-state index is -0.728. The second-order valence-corrected chi connectivity index (χ2v) is 7.17. The van der Waals surface area contributed by atoms with E-state index in [0.29, 0.717) is 15.7 Å². The van der Waals surface area contributed by atoms with Gasteiger partial charge in [0.1, 0.15) is 15.3 Å². The summed E-state index contributed by atoms with van der Waals surface area (Å²) in [7, 11) is 0. The molecule has 0 bridgehead atoms. The van der Waals surface area contributed by atoms with Crippen LogP contribution in [0.15, 0.2) is 35.1 Å². The van der Waals surface area contributed by atoms with E-state index in [9.17, 15) is 14.9 Å². The summed E-state index contributed by atoms with van der Waals surface area (Å²) in [6.07, 6.45) is 1.59. The van der Waals surface area contributed by atoms with Crippen LogP contribution in [0.4, 0.5) is 5.69 Å². The van der Waals surface area contributed by atoms with E-state index in [-0.39, 0.29) is 17.7 Å². The Morgan fingerprint density at radius 2 is 2.14 bits per heavy atom. The molecule has 1 N–H and O–H groups in total. The van der Waals surface area contributed by atoms with Crippen LogP contribution in [0, 0.1) is 18.3 Å². The molecule has 3 rings (SSSR count). The predicted octanol–water partition coefficient (Wildman–Crippen LogP) is 1.87. The molecule has 1 aromatic carbocycles. The molecule has 0 amide bonds. The molecule has 0 aliphatic rings. The number of anilines is 1. The van der Waals surface area contributed by atoms with Gasteiger partial charge in [-0.3, -0.25) is 14.3 Å². The number of thiazole rings is 1. The number of ether oxygens (including phenoxy) is 1. The number of aryl methyl sites for hydroxylation is 1. The van der Waals surface area contributed by atoms with Crippen molar-refractivity contribution < 1.29 is 9.53 Å². The predicted molar refractivity (Wildman–Crippen MR) is 114 cm³/mol. The number of hydrogen-bond donors (Lipinski definition) is 1. The monoisotopic (exact) mass is 408 g/mol. The Bertz CT molecular complexity index is 1300. The first kappa shape index (κ1) is 20.3. The van der Waals surface area contributed by atoms with Crippen LogP contribution in [0.5, 0.6) is 0 Å². The summed E-state index contributed by atoms with van der Waals surface area (Å²) >= 11 is 1.08. The van der Waals surface area contributed by atoms with Crippen molar-refractivity contribution in [3.8, 4) is 6.07 Å². The second-order valence-electron chi connectivity index (χ2n) is 6.14. The summed E-state index contributed by atoms with van der Waals surface area (Å²) in [5.74, 6) is -0.728. The molecule has 0 fully saturated rings.